The molecule has 0 saturated heterocycles. The molecule has 2 aromatic heterocycles. The summed E-state index contributed by atoms with van der Waals surface area (Å²) in [5, 5.41) is 7.90. The Balaban J connectivity index is 2.07. The predicted octanol–water partition coefficient (Wildman–Crippen LogP) is 2.96. The van der Waals surface area contributed by atoms with Crippen molar-refractivity contribution in [2.24, 2.45) is 7.05 Å². The quantitative estimate of drug-likeness (QED) is 0.609. The van der Waals surface area contributed by atoms with Gasteiger partial charge in [-0.05, 0) is 6.07 Å². The van der Waals surface area contributed by atoms with Crippen LogP contribution in [0.25, 0.3) is 0 Å². The van der Waals surface area contributed by atoms with Crippen LogP contribution in [0.1, 0.15) is 15.5 Å². The molecule has 8 nitrogen and oxygen atoms in total. The number of carbonyl (C=O) groups is 2. The van der Waals surface area contributed by atoms with Crippen LogP contribution in [0.4, 0.5) is 37.6 Å². The summed E-state index contributed by atoms with van der Waals surface area (Å²) in [6.45, 7) is 0. The number of nitrogens with one attached hydrogen (secondary N) is 2. The summed E-state index contributed by atoms with van der Waals surface area (Å²) >= 11 is -0.121. The number of carbonyl (C=O) groups excluding carboxylic acids is 2. The number of anilines is 2. The highest BCUT2D eigenvalue weighted by Crippen LogP contribution is 2.45. The minimum Gasteiger partial charge on any atom is -0.464 e. The van der Waals surface area contributed by atoms with Gasteiger partial charge >= 0.3 is 24.1 Å². The number of hydrogen-bond donors (Lipinski definition) is 2. The SMILES string of the molecule is COC(=O)c1cc(NC(=O)Nc2nnc(C(F)(F)C(F)(F)F)s2)cn1C. The number of halogens is 5. The molecule has 0 aromatic carbocycles. The van der Waals surface area contributed by atoms with E-state index in [0.29, 0.717) is 0 Å². The summed E-state index contributed by atoms with van der Waals surface area (Å²) in [7, 11) is 2.67. The second kappa shape index (κ2) is 6.86. The lowest BCUT2D eigenvalue weighted by Crippen LogP contribution is -2.33. The normalized spacial score (nSPS) is 12.0. The Kier molecular flexibility index (Phi) is 5.16. The van der Waals surface area contributed by atoms with Gasteiger partial charge in [-0.1, -0.05) is 11.3 Å². The summed E-state index contributed by atoms with van der Waals surface area (Å²) in [5.41, 5.74) is 0.265. The zero-order valence-corrected chi connectivity index (χ0v) is 13.8. The molecule has 2 amide bonds. The van der Waals surface area contributed by atoms with E-state index in [2.05, 4.69) is 20.3 Å². The molecule has 14 heteroatoms. The van der Waals surface area contributed by atoms with Crippen molar-refractivity contribution in [2.45, 2.75) is 12.1 Å². The van der Waals surface area contributed by atoms with Crippen molar-refractivity contribution in [3.05, 3.63) is 23.0 Å². The van der Waals surface area contributed by atoms with E-state index in [-0.39, 0.29) is 22.7 Å². The first-order chi connectivity index (χ1) is 12.0. The molecule has 2 N–H and O–H groups in total. The molecule has 0 atom stereocenters. The molecule has 0 saturated carbocycles. The number of nitrogens with zero attached hydrogens (tertiary/aromatic N) is 3. The standard InChI is InChI=1S/C12H10F5N5O3S/c1-22-4-5(3-6(22)7(23)25-2)18-9(24)19-10-21-20-8(26-10)11(13,14)12(15,16)17/h3-4H,1-2H3,(H2,18,19,21,24). The van der Waals surface area contributed by atoms with Crippen molar-refractivity contribution >= 4 is 34.2 Å². The van der Waals surface area contributed by atoms with E-state index in [1.54, 1.807) is 0 Å². The van der Waals surface area contributed by atoms with E-state index < -0.39 is 34.2 Å². The molecule has 26 heavy (non-hydrogen) atoms. The van der Waals surface area contributed by atoms with E-state index >= 15 is 0 Å². The topological polar surface area (TPSA) is 98.1 Å². The first-order valence-corrected chi connectivity index (χ1v) is 7.38. The average Bonchev–Trinajstić information content (AvgIpc) is 3.12. The maximum absolute atomic E-state index is 13.1. The Hall–Kier alpha value is -2.77. The van der Waals surface area contributed by atoms with Crippen LogP contribution in [0, 0.1) is 0 Å². The van der Waals surface area contributed by atoms with Crippen LogP contribution in [0.15, 0.2) is 12.3 Å². The number of rotatable bonds is 4. The second-order valence-electron chi connectivity index (χ2n) is 4.78. The first kappa shape index (κ1) is 19.6. The third-order valence-corrected chi connectivity index (χ3v) is 3.84. The van der Waals surface area contributed by atoms with Gasteiger partial charge in [-0.2, -0.15) is 22.0 Å². The Morgan fingerprint density at radius 2 is 1.85 bits per heavy atom. The number of aryl methyl sites for hydroxylation is 1. The number of aromatic nitrogens is 3. The Bertz CT molecular complexity index is 832. The van der Waals surface area contributed by atoms with Crippen LogP contribution in [-0.2, 0) is 17.7 Å². The zero-order chi connectivity index (χ0) is 19.7. The fourth-order valence-electron chi connectivity index (χ4n) is 1.72. The molecule has 0 radical (unpaired) electrons. The van der Waals surface area contributed by atoms with Crippen molar-refractivity contribution in [2.75, 3.05) is 17.7 Å². The average molecular weight is 399 g/mol. The van der Waals surface area contributed by atoms with Gasteiger partial charge in [-0.15, -0.1) is 10.2 Å². The molecule has 0 spiro atoms. The molecule has 0 fully saturated rings. The van der Waals surface area contributed by atoms with E-state index in [1.807, 2.05) is 5.32 Å². The molecular weight excluding hydrogens is 389 g/mol. The lowest BCUT2D eigenvalue weighted by atomic mass is 10.3. The first-order valence-electron chi connectivity index (χ1n) is 6.57. The fraction of sp³-hybridized carbons (Fsp3) is 0.333. The fourth-order valence-corrected chi connectivity index (χ4v) is 2.46. The second-order valence-corrected chi connectivity index (χ2v) is 5.76. The van der Waals surface area contributed by atoms with Crippen LogP contribution < -0.4 is 10.6 Å². The van der Waals surface area contributed by atoms with Crippen molar-refractivity contribution in [1.29, 1.82) is 0 Å². The van der Waals surface area contributed by atoms with E-state index in [4.69, 9.17) is 0 Å². The van der Waals surface area contributed by atoms with Crippen LogP contribution in [-0.4, -0.2) is 40.1 Å². The summed E-state index contributed by atoms with van der Waals surface area (Å²) in [6, 6.07) is 0.291. The highest BCUT2D eigenvalue weighted by atomic mass is 32.1. The third-order valence-electron chi connectivity index (χ3n) is 2.93. The van der Waals surface area contributed by atoms with Gasteiger partial charge in [0.25, 0.3) is 0 Å². The molecule has 0 aliphatic carbocycles. The van der Waals surface area contributed by atoms with Gasteiger partial charge in [-0.25, -0.2) is 9.59 Å². The van der Waals surface area contributed by atoms with Gasteiger partial charge in [0.2, 0.25) is 5.13 Å². The van der Waals surface area contributed by atoms with Gasteiger partial charge in [-0.3, -0.25) is 5.32 Å². The molecular formula is C12H10F5N5O3S. The monoisotopic (exact) mass is 399 g/mol. The number of ether oxygens (including phenoxy) is 1. The molecule has 0 aliphatic heterocycles. The molecule has 2 heterocycles. The Morgan fingerprint density at radius 1 is 1.19 bits per heavy atom. The molecule has 0 aliphatic rings. The van der Waals surface area contributed by atoms with Gasteiger partial charge in [0.05, 0.1) is 12.8 Å². The third kappa shape index (κ3) is 3.89. The molecule has 142 valence electrons. The number of hydrogen-bond acceptors (Lipinski definition) is 6. The summed E-state index contributed by atoms with van der Waals surface area (Å²) in [6.07, 6.45) is -4.48. The lowest BCUT2D eigenvalue weighted by Gasteiger charge is -2.15. The minimum absolute atomic E-state index is 0.117. The van der Waals surface area contributed by atoms with Crippen molar-refractivity contribution < 1.29 is 36.3 Å². The van der Waals surface area contributed by atoms with Gasteiger partial charge in [0.15, 0.2) is 5.01 Å². The number of alkyl halides is 5. The van der Waals surface area contributed by atoms with E-state index in [0.717, 1.165) is 0 Å². The number of urea groups is 1. The summed E-state index contributed by atoms with van der Waals surface area (Å²) < 4.78 is 68.9. The van der Waals surface area contributed by atoms with Crippen molar-refractivity contribution in [3.8, 4) is 0 Å². The van der Waals surface area contributed by atoms with Crippen molar-refractivity contribution in [1.82, 2.24) is 14.8 Å². The number of amides is 2. The van der Waals surface area contributed by atoms with Gasteiger partial charge in [0, 0.05) is 13.2 Å². The number of methoxy groups -OCH3 is 1. The number of esters is 1. The smallest absolute Gasteiger partial charge is 0.460 e. The summed E-state index contributed by atoms with van der Waals surface area (Å²) in [5.74, 6) is -5.85. The van der Waals surface area contributed by atoms with Crippen LogP contribution in [0.5, 0.6) is 0 Å². The molecule has 2 rings (SSSR count). The van der Waals surface area contributed by atoms with Crippen molar-refractivity contribution in [3.63, 3.8) is 0 Å². The predicted molar refractivity (Wildman–Crippen MR) is 79.3 cm³/mol. The van der Waals surface area contributed by atoms with Crippen LogP contribution in [0.3, 0.4) is 0 Å². The highest BCUT2D eigenvalue weighted by molar-refractivity contribution is 7.15. The minimum atomic E-state index is -5.83. The molecule has 0 bridgehead atoms. The van der Waals surface area contributed by atoms with E-state index in [9.17, 15) is 31.5 Å². The highest BCUT2D eigenvalue weighted by Gasteiger charge is 2.61. The van der Waals surface area contributed by atoms with Crippen LogP contribution >= 0.6 is 11.3 Å². The lowest BCUT2D eigenvalue weighted by molar-refractivity contribution is -0.289. The summed E-state index contributed by atoms with van der Waals surface area (Å²) in [4.78, 5) is 23.2. The maximum atomic E-state index is 13.1. The zero-order valence-electron chi connectivity index (χ0n) is 13.0. The van der Waals surface area contributed by atoms with Crippen LogP contribution in [0.2, 0.25) is 0 Å². The largest absolute Gasteiger partial charge is 0.464 e. The van der Waals surface area contributed by atoms with E-state index in [1.165, 1.54) is 31.0 Å². The molecule has 0 unspecified atom stereocenters. The Labute approximate surface area is 146 Å². The maximum Gasteiger partial charge on any atom is 0.460 e. The van der Waals surface area contributed by atoms with Gasteiger partial charge in [0.1, 0.15) is 5.69 Å². The Morgan fingerprint density at radius 3 is 2.42 bits per heavy atom. The van der Waals surface area contributed by atoms with Gasteiger partial charge < -0.3 is 14.6 Å². The molecule has 2 aromatic rings.